The zero-order valence-corrected chi connectivity index (χ0v) is 18.6. The van der Waals surface area contributed by atoms with Crippen molar-refractivity contribution in [3.8, 4) is 17.2 Å². The fourth-order valence-electron chi connectivity index (χ4n) is 3.18. The Morgan fingerprint density at radius 2 is 1.81 bits per heavy atom. The predicted octanol–water partition coefficient (Wildman–Crippen LogP) is 4.10. The van der Waals surface area contributed by atoms with Crippen LogP contribution < -0.4 is 20.1 Å². The average Bonchev–Trinajstić information content (AvgIpc) is 3.27. The van der Waals surface area contributed by atoms with Crippen LogP contribution >= 0.6 is 0 Å². The van der Waals surface area contributed by atoms with Crippen molar-refractivity contribution in [2.45, 2.75) is 33.4 Å². The Balaban J connectivity index is 1.61. The molecule has 164 valence electrons. The molecule has 0 aliphatic heterocycles. The minimum Gasteiger partial charge on any atom is -0.490 e. The van der Waals surface area contributed by atoms with E-state index in [0.29, 0.717) is 25.7 Å². The van der Waals surface area contributed by atoms with Crippen molar-refractivity contribution in [1.82, 2.24) is 20.4 Å². The highest BCUT2D eigenvalue weighted by Crippen LogP contribution is 2.30. The van der Waals surface area contributed by atoms with E-state index in [-0.39, 0.29) is 6.04 Å². The molecule has 0 spiro atoms. The molecular weight excluding hydrogens is 390 g/mol. The van der Waals surface area contributed by atoms with E-state index >= 15 is 0 Å². The Kier molecular flexibility index (Phi) is 7.92. The number of nitrogens with one attached hydrogen (secondary N) is 2. The zero-order chi connectivity index (χ0) is 22.1. The Bertz CT molecular complexity index is 985. The maximum Gasteiger partial charge on any atom is 0.191 e. The number of guanidine groups is 1. The van der Waals surface area contributed by atoms with E-state index < -0.39 is 0 Å². The number of hydrogen-bond acceptors (Lipinski definition) is 4. The predicted molar refractivity (Wildman–Crippen MR) is 124 cm³/mol. The molecule has 7 nitrogen and oxygen atoms in total. The number of nitrogens with zero attached hydrogens (tertiary/aromatic N) is 3. The van der Waals surface area contributed by atoms with Gasteiger partial charge in [-0.3, -0.25) is 4.99 Å². The molecule has 0 amide bonds. The van der Waals surface area contributed by atoms with Crippen LogP contribution in [-0.4, -0.2) is 36.0 Å². The minimum absolute atomic E-state index is 0.0353. The lowest BCUT2D eigenvalue weighted by molar-refractivity contribution is 0.287. The molecule has 1 aromatic heterocycles. The molecule has 1 heterocycles. The van der Waals surface area contributed by atoms with E-state index in [4.69, 9.17) is 9.47 Å². The number of aliphatic imine (C=N–C) groups is 1. The van der Waals surface area contributed by atoms with Gasteiger partial charge in [-0.15, -0.1) is 0 Å². The zero-order valence-electron chi connectivity index (χ0n) is 18.6. The van der Waals surface area contributed by atoms with Crippen molar-refractivity contribution in [3.05, 3.63) is 72.1 Å². The first-order valence-electron chi connectivity index (χ1n) is 10.6. The highest BCUT2D eigenvalue weighted by molar-refractivity contribution is 5.80. The van der Waals surface area contributed by atoms with Gasteiger partial charge < -0.3 is 20.1 Å². The highest BCUT2D eigenvalue weighted by Gasteiger charge is 2.13. The molecule has 0 aliphatic rings. The Hall–Kier alpha value is -3.48. The summed E-state index contributed by atoms with van der Waals surface area (Å²) in [5.41, 5.74) is 3.19. The summed E-state index contributed by atoms with van der Waals surface area (Å²) in [5.74, 6) is 2.23. The standard InChI is InChI=1S/C24H31N5O2/c1-5-30-22-13-12-20(14-23(22)31-6-2)18(3)28-24(25-4)26-15-19-16-27-29(17-19)21-10-8-7-9-11-21/h7-14,16-18H,5-6,15H2,1-4H3,(H2,25,26,28). The van der Waals surface area contributed by atoms with Crippen LogP contribution in [-0.2, 0) is 6.54 Å². The number of para-hydroxylation sites is 1. The maximum atomic E-state index is 5.75. The van der Waals surface area contributed by atoms with Crippen molar-refractivity contribution >= 4 is 5.96 Å². The van der Waals surface area contributed by atoms with Crippen molar-refractivity contribution in [2.75, 3.05) is 20.3 Å². The molecule has 0 bridgehead atoms. The summed E-state index contributed by atoms with van der Waals surface area (Å²) in [6.07, 6.45) is 3.87. The minimum atomic E-state index is 0.0353. The summed E-state index contributed by atoms with van der Waals surface area (Å²) >= 11 is 0. The first-order valence-corrected chi connectivity index (χ1v) is 10.6. The van der Waals surface area contributed by atoms with Gasteiger partial charge in [-0.1, -0.05) is 24.3 Å². The second-order valence-corrected chi connectivity index (χ2v) is 6.99. The summed E-state index contributed by atoms with van der Waals surface area (Å²) in [7, 11) is 1.76. The third-order valence-corrected chi connectivity index (χ3v) is 4.76. The topological polar surface area (TPSA) is 72.7 Å². The van der Waals surface area contributed by atoms with Crippen molar-refractivity contribution in [1.29, 1.82) is 0 Å². The molecule has 3 aromatic rings. The maximum absolute atomic E-state index is 5.75. The van der Waals surface area contributed by atoms with Crippen LogP contribution in [0, 0.1) is 0 Å². The van der Waals surface area contributed by atoms with Gasteiger partial charge in [0.2, 0.25) is 0 Å². The third kappa shape index (κ3) is 6.01. The van der Waals surface area contributed by atoms with Gasteiger partial charge in [0.15, 0.2) is 17.5 Å². The molecule has 0 fully saturated rings. The van der Waals surface area contributed by atoms with Crippen molar-refractivity contribution in [2.24, 2.45) is 4.99 Å². The summed E-state index contributed by atoms with van der Waals surface area (Å²) in [5, 5.41) is 11.2. The Labute approximate surface area is 184 Å². The van der Waals surface area contributed by atoms with Crippen molar-refractivity contribution < 1.29 is 9.47 Å². The number of benzene rings is 2. The van der Waals surface area contributed by atoms with Crippen molar-refractivity contribution in [3.63, 3.8) is 0 Å². The fraction of sp³-hybridized carbons (Fsp3) is 0.333. The fourth-order valence-corrected chi connectivity index (χ4v) is 3.18. The van der Waals surface area contributed by atoms with Gasteiger partial charge in [-0.25, -0.2) is 4.68 Å². The molecular formula is C24H31N5O2. The van der Waals surface area contributed by atoms with E-state index in [1.54, 1.807) is 7.05 Å². The van der Waals surface area contributed by atoms with Crippen LogP contribution in [0.4, 0.5) is 0 Å². The first kappa shape index (κ1) is 22.2. The number of hydrogen-bond donors (Lipinski definition) is 2. The lowest BCUT2D eigenvalue weighted by Crippen LogP contribution is -2.38. The molecule has 2 N–H and O–H groups in total. The molecule has 0 saturated heterocycles. The Morgan fingerprint density at radius 1 is 1.06 bits per heavy atom. The summed E-state index contributed by atoms with van der Waals surface area (Å²) in [6.45, 7) is 7.83. The monoisotopic (exact) mass is 421 g/mol. The number of aromatic nitrogens is 2. The molecule has 31 heavy (non-hydrogen) atoms. The molecule has 3 rings (SSSR count). The van der Waals surface area contributed by atoms with Gasteiger partial charge in [0.05, 0.1) is 31.1 Å². The second-order valence-electron chi connectivity index (χ2n) is 6.99. The molecule has 1 atom stereocenters. The molecule has 2 aromatic carbocycles. The quantitative estimate of drug-likeness (QED) is 0.402. The average molecular weight is 422 g/mol. The van der Waals surface area contributed by atoms with Gasteiger partial charge >= 0.3 is 0 Å². The molecule has 0 saturated carbocycles. The van der Waals surface area contributed by atoms with Gasteiger partial charge in [0, 0.05) is 25.4 Å². The first-order chi connectivity index (χ1) is 15.1. The summed E-state index contributed by atoms with van der Waals surface area (Å²) < 4.78 is 13.3. The molecule has 0 radical (unpaired) electrons. The van der Waals surface area contributed by atoms with Gasteiger partial charge in [0.1, 0.15) is 0 Å². The third-order valence-electron chi connectivity index (χ3n) is 4.76. The van der Waals surface area contributed by atoms with E-state index in [9.17, 15) is 0 Å². The van der Waals surface area contributed by atoms with Crippen LogP contribution in [0.2, 0.25) is 0 Å². The van der Waals surface area contributed by atoms with E-state index in [1.807, 2.05) is 79.5 Å². The van der Waals surface area contributed by atoms with E-state index in [2.05, 4.69) is 27.6 Å². The van der Waals surface area contributed by atoms with Crippen LogP contribution in [0.15, 0.2) is 65.9 Å². The molecule has 7 heteroatoms. The normalized spacial score (nSPS) is 12.3. The SMILES string of the molecule is CCOc1ccc(C(C)NC(=NC)NCc2cnn(-c3ccccc3)c2)cc1OCC. The van der Waals surface area contributed by atoms with E-state index in [0.717, 1.165) is 28.3 Å². The highest BCUT2D eigenvalue weighted by atomic mass is 16.5. The van der Waals surface area contributed by atoms with Crippen LogP contribution in [0.25, 0.3) is 5.69 Å². The van der Waals surface area contributed by atoms with Gasteiger partial charge in [-0.05, 0) is 50.6 Å². The van der Waals surface area contributed by atoms with Gasteiger partial charge in [0.25, 0.3) is 0 Å². The number of rotatable bonds is 9. The van der Waals surface area contributed by atoms with Crippen LogP contribution in [0.5, 0.6) is 11.5 Å². The van der Waals surface area contributed by atoms with Crippen LogP contribution in [0.3, 0.4) is 0 Å². The van der Waals surface area contributed by atoms with E-state index in [1.165, 1.54) is 0 Å². The Morgan fingerprint density at radius 3 is 2.52 bits per heavy atom. The lowest BCUT2D eigenvalue weighted by atomic mass is 10.1. The summed E-state index contributed by atoms with van der Waals surface area (Å²) in [4.78, 5) is 4.35. The second kappa shape index (κ2) is 11.1. The smallest absolute Gasteiger partial charge is 0.191 e. The largest absolute Gasteiger partial charge is 0.490 e. The molecule has 1 unspecified atom stereocenters. The van der Waals surface area contributed by atoms with Crippen LogP contribution in [0.1, 0.15) is 37.9 Å². The number of ether oxygens (including phenoxy) is 2. The van der Waals surface area contributed by atoms with Gasteiger partial charge in [-0.2, -0.15) is 5.10 Å². The summed E-state index contributed by atoms with van der Waals surface area (Å²) in [6, 6.07) is 16.1. The lowest BCUT2D eigenvalue weighted by Gasteiger charge is -2.20. The molecule has 0 aliphatic carbocycles.